The number of benzene rings is 1. The van der Waals surface area contributed by atoms with Gasteiger partial charge in [-0.1, -0.05) is 19.1 Å². The van der Waals surface area contributed by atoms with E-state index in [1.165, 1.54) is 0 Å². The lowest BCUT2D eigenvalue weighted by Gasteiger charge is -2.15. The third-order valence-electron chi connectivity index (χ3n) is 2.83. The van der Waals surface area contributed by atoms with Gasteiger partial charge < -0.3 is 15.8 Å². The van der Waals surface area contributed by atoms with Gasteiger partial charge in [0.15, 0.2) is 6.61 Å². The second kappa shape index (κ2) is 8.17. The van der Waals surface area contributed by atoms with E-state index in [0.717, 1.165) is 22.9 Å². The summed E-state index contributed by atoms with van der Waals surface area (Å²) in [4.78, 5) is 11.7. The SMILES string of the molecule is CCC(C)NC(=O)COc1c(Br)cccc1CCN. The lowest BCUT2D eigenvalue weighted by Crippen LogP contribution is -2.35. The Morgan fingerprint density at radius 3 is 2.89 bits per heavy atom. The lowest BCUT2D eigenvalue weighted by molar-refractivity contribution is -0.123. The highest BCUT2D eigenvalue weighted by Gasteiger charge is 2.11. The summed E-state index contributed by atoms with van der Waals surface area (Å²) in [6, 6.07) is 5.95. The predicted octanol–water partition coefficient (Wildman–Crippen LogP) is 2.24. The molecule has 0 aliphatic carbocycles. The minimum atomic E-state index is -0.108. The number of amides is 1. The zero-order valence-corrected chi connectivity index (χ0v) is 13.0. The third kappa shape index (κ3) is 5.20. The number of halogens is 1. The van der Waals surface area contributed by atoms with Crippen molar-refractivity contribution in [2.24, 2.45) is 5.73 Å². The van der Waals surface area contributed by atoms with Gasteiger partial charge in [-0.2, -0.15) is 0 Å². The standard InChI is InChI=1S/C14H21BrN2O2/c1-3-10(2)17-13(18)9-19-14-11(7-8-16)5-4-6-12(14)15/h4-6,10H,3,7-9,16H2,1-2H3,(H,17,18). The fraction of sp³-hybridized carbons (Fsp3) is 0.500. The van der Waals surface area contributed by atoms with E-state index in [9.17, 15) is 4.79 Å². The molecule has 3 N–H and O–H groups in total. The Labute approximate surface area is 122 Å². The summed E-state index contributed by atoms with van der Waals surface area (Å²) in [6.45, 7) is 4.56. The van der Waals surface area contributed by atoms with Gasteiger partial charge in [-0.3, -0.25) is 4.79 Å². The molecule has 0 heterocycles. The molecule has 1 aromatic rings. The molecule has 1 unspecified atom stereocenters. The van der Waals surface area contributed by atoms with Crippen LogP contribution in [0.15, 0.2) is 22.7 Å². The van der Waals surface area contributed by atoms with Gasteiger partial charge in [-0.25, -0.2) is 0 Å². The van der Waals surface area contributed by atoms with Crippen LogP contribution in [0.5, 0.6) is 5.75 Å². The molecule has 0 aromatic heterocycles. The maximum atomic E-state index is 11.7. The van der Waals surface area contributed by atoms with Crippen LogP contribution in [0, 0.1) is 0 Å². The van der Waals surface area contributed by atoms with Crippen LogP contribution in [0.1, 0.15) is 25.8 Å². The second-order valence-electron chi connectivity index (χ2n) is 4.43. The second-order valence-corrected chi connectivity index (χ2v) is 5.29. The Morgan fingerprint density at radius 2 is 2.26 bits per heavy atom. The van der Waals surface area contributed by atoms with Crippen LogP contribution in [0.4, 0.5) is 0 Å². The van der Waals surface area contributed by atoms with Gasteiger partial charge >= 0.3 is 0 Å². The molecule has 1 aromatic carbocycles. The zero-order valence-electron chi connectivity index (χ0n) is 11.4. The molecule has 0 bridgehead atoms. The first kappa shape index (κ1) is 16.0. The lowest BCUT2D eigenvalue weighted by atomic mass is 10.1. The Balaban J connectivity index is 2.64. The predicted molar refractivity (Wildman–Crippen MR) is 80.3 cm³/mol. The summed E-state index contributed by atoms with van der Waals surface area (Å²) in [5, 5.41) is 2.87. The molecule has 0 aliphatic rings. The molecule has 5 heteroatoms. The number of para-hydroxylation sites is 1. The van der Waals surface area contributed by atoms with E-state index in [-0.39, 0.29) is 18.6 Å². The first-order valence-corrected chi connectivity index (χ1v) is 7.27. The van der Waals surface area contributed by atoms with Gasteiger partial charge in [-0.15, -0.1) is 0 Å². The largest absolute Gasteiger partial charge is 0.482 e. The number of hydrogen-bond donors (Lipinski definition) is 2. The van der Waals surface area contributed by atoms with E-state index in [1.807, 2.05) is 32.0 Å². The van der Waals surface area contributed by atoms with Gasteiger partial charge in [0.05, 0.1) is 4.47 Å². The first-order valence-electron chi connectivity index (χ1n) is 6.48. The van der Waals surface area contributed by atoms with Gasteiger partial charge in [0.25, 0.3) is 5.91 Å². The number of carbonyl (C=O) groups excluding carboxylic acids is 1. The van der Waals surface area contributed by atoms with Crippen molar-refractivity contribution in [2.75, 3.05) is 13.2 Å². The fourth-order valence-corrected chi connectivity index (χ4v) is 2.15. The highest BCUT2D eigenvalue weighted by Crippen LogP contribution is 2.29. The van der Waals surface area contributed by atoms with Crippen molar-refractivity contribution in [2.45, 2.75) is 32.7 Å². The Bertz CT molecular complexity index is 424. The van der Waals surface area contributed by atoms with Crippen LogP contribution < -0.4 is 15.8 Å². The van der Waals surface area contributed by atoms with E-state index in [1.54, 1.807) is 0 Å². The summed E-state index contributed by atoms with van der Waals surface area (Å²) in [5.74, 6) is 0.594. The van der Waals surface area contributed by atoms with Crippen LogP contribution in [0.2, 0.25) is 0 Å². The van der Waals surface area contributed by atoms with Crippen LogP contribution in [-0.2, 0) is 11.2 Å². The highest BCUT2D eigenvalue weighted by molar-refractivity contribution is 9.10. The van der Waals surface area contributed by atoms with Gasteiger partial charge in [-0.05, 0) is 53.9 Å². The average molecular weight is 329 g/mol. The van der Waals surface area contributed by atoms with Crippen LogP contribution in [-0.4, -0.2) is 25.1 Å². The molecule has 106 valence electrons. The molecule has 4 nitrogen and oxygen atoms in total. The van der Waals surface area contributed by atoms with Crippen molar-refractivity contribution in [3.05, 3.63) is 28.2 Å². The molecule has 0 fully saturated rings. The normalized spacial score (nSPS) is 12.0. The molecule has 0 saturated heterocycles. The number of ether oxygens (including phenoxy) is 1. The molecule has 0 saturated carbocycles. The summed E-state index contributed by atoms with van der Waals surface area (Å²) in [7, 11) is 0. The van der Waals surface area contributed by atoms with Crippen molar-refractivity contribution in [1.82, 2.24) is 5.32 Å². The number of rotatable bonds is 7. The number of nitrogens with one attached hydrogen (secondary N) is 1. The van der Waals surface area contributed by atoms with Crippen LogP contribution in [0.25, 0.3) is 0 Å². The highest BCUT2D eigenvalue weighted by atomic mass is 79.9. The monoisotopic (exact) mass is 328 g/mol. The maximum absolute atomic E-state index is 11.7. The molecule has 1 amide bonds. The maximum Gasteiger partial charge on any atom is 0.258 e. The van der Waals surface area contributed by atoms with Gasteiger partial charge in [0.1, 0.15) is 5.75 Å². The minimum absolute atomic E-state index is 0.0184. The molecule has 0 radical (unpaired) electrons. The van der Waals surface area contributed by atoms with Crippen molar-refractivity contribution in [1.29, 1.82) is 0 Å². The minimum Gasteiger partial charge on any atom is -0.482 e. The number of carbonyl (C=O) groups is 1. The Kier molecular flexibility index (Phi) is 6.87. The van der Waals surface area contributed by atoms with Crippen molar-refractivity contribution >= 4 is 21.8 Å². The molecular formula is C14H21BrN2O2. The summed E-state index contributed by atoms with van der Waals surface area (Å²) in [6.07, 6.45) is 1.63. The summed E-state index contributed by atoms with van der Waals surface area (Å²) in [5.41, 5.74) is 6.58. The Morgan fingerprint density at radius 1 is 1.53 bits per heavy atom. The van der Waals surface area contributed by atoms with Crippen molar-refractivity contribution < 1.29 is 9.53 Å². The molecular weight excluding hydrogens is 308 g/mol. The molecule has 0 aliphatic heterocycles. The van der Waals surface area contributed by atoms with Gasteiger partial charge in [0, 0.05) is 6.04 Å². The van der Waals surface area contributed by atoms with E-state index in [0.29, 0.717) is 12.3 Å². The van der Waals surface area contributed by atoms with E-state index in [2.05, 4.69) is 21.2 Å². The summed E-state index contributed by atoms with van der Waals surface area (Å²) >= 11 is 3.43. The van der Waals surface area contributed by atoms with Crippen molar-refractivity contribution in [3.8, 4) is 5.75 Å². The molecule has 1 rings (SSSR count). The Hall–Kier alpha value is -1.07. The summed E-state index contributed by atoms with van der Waals surface area (Å²) < 4.78 is 6.46. The van der Waals surface area contributed by atoms with E-state index in [4.69, 9.17) is 10.5 Å². The smallest absolute Gasteiger partial charge is 0.258 e. The van der Waals surface area contributed by atoms with E-state index >= 15 is 0 Å². The molecule has 1 atom stereocenters. The van der Waals surface area contributed by atoms with E-state index < -0.39 is 0 Å². The fourth-order valence-electron chi connectivity index (χ4n) is 1.62. The van der Waals surface area contributed by atoms with Crippen molar-refractivity contribution in [3.63, 3.8) is 0 Å². The number of hydrogen-bond acceptors (Lipinski definition) is 3. The topological polar surface area (TPSA) is 64.3 Å². The van der Waals surface area contributed by atoms with Crippen LogP contribution >= 0.6 is 15.9 Å². The average Bonchev–Trinajstić information content (AvgIpc) is 2.38. The quantitative estimate of drug-likeness (QED) is 0.806. The number of nitrogens with two attached hydrogens (primary N) is 1. The third-order valence-corrected chi connectivity index (χ3v) is 3.45. The zero-order chi connectivity index (χ0) is 14.3. The molecule has 0 spiro atoms. The molecule has 19 heavy (non-hydrogen) atoms. The first-order chi connectivity index (χ1) is 9.08. The van der Waals surface area contributed by atoms with Crippen LogP contribution in [0.3, 0.4) is 0 Å². The van der Waals surface area contributed by atoms with Gasteiger partial charge in [0.2, 0.25) is 0 Å².